The third kappa shape index (κ3) is 4.87. The number of Topliss-reactive ketones (excluding diaryl/α,β-unsaturated/α-hetero) is 1. The molecular formula is C24H23N5O7. The van der Waals surface area contributed by atoms with Crippen LogP contribution in [0.4, 0.5) is 21.0 Å². The van der Waals surface area contributed by atoms with E-state index in [9.17, 15) is 28.8 Å². The van der Waals surface area contributed by atoms with Crippen molar-refractivity contribution in [1.29, 1.82) is 0 Å². The molecule has 186 valence electrons. The number of anilines is 2. The van der Waals surface area contributed by atoms with E-state index >= 15 is 0 Å². The molecule has 6 amide bonds. The summed E-state index contributed by atoms with van der Waals surface area (Å²) in [6.07, 6.45) is 0. The average molecular weight is 493 g/mol. The number of nitrogens with zero attached hydrogens (tertiary/aromatic N) is 3. The van der Waals surface area contributed by atoms with Crippen LogP contribution in [0.5, 0.6) is 0 Å². The van der Waals surface area contributed by atoms with Crippen LogP contribution in [-0.2, 0) is 14.3 Å². The Hall–Kier alpha value is -4.74. The first-order valence-corrected chi connectivity index (χ1v) is 11.1. The van der Waals surface area contributed by atoms with Crippen LogP contribution in [-0.4, -0.2) is 85.3 Å². The molecule has 0 unspecified atom stereocenters. The lowest BCUT2D eigenvalue weighted by molar-refractivity contribution is -0.132. The van der Waals surface area contributed by atoms with E-state index in [1.165, 1.54) is 29.0 Å². The molecule has 2 N–H and O–H groups in total. The first-order valence-electron chi connectivity index (χ1n) is 11.1. The summed E-state index contributed by atoms with van der Waals surface area (Å²) in [6, 6.07) is 11.2. The highest BCUT2D eigenvalue weighted by Crippen LogP contribution is 2.28. The summed E-state index contributed by atoms with van der Waals surface area (Å²) in [7, 11) is 1.22. The van der Waals surface area contributed by atoms with E-state index in [1.54, 1.807) is 36.4 Å². The molecule has 0 atom stereocenters. The van der Waals surface area contributed by atoms with E-state index in [2.05, 4.69) is 15.4 Å². The Labute approximate surface area is 205 Å². The number of nitrogens with one attached hydrogen (secondary N) is 2. The van der Waals surface area contributed by atoms with Crippen LogP contribution in [0, 0.1) is 0 Å². The van der Waals surface area contributed by atoms with Gasteiger partial charge in [-0.25, -0.2) is 14.4 Å². The van der Waals surface area contributed by atoms with E-state index in [1.807, 2.05) is 0 Å². The molecule has 2 aromatic rings. The zero-order valence-electron chi connectivity index (χ0n) is 19.4. The second-order valence-corrected chi connectivity index (χ2v) is 8.03. The van der Waals surface area contributed by atoms with E-state index < -0.39 is 29.7 Å². The van der Waals surface area contributed by atoms with Gasteiger partial charge < -0.3 is 19.9 Å². The molecule has 0 bridgehead atoms. The van der Waals surface area contributed by atoms with Crippen molar-refractivity contribution in [3.8, 4) is 0 Å². The highest BCUT2D eigenvalue weighted by Gasteiger charge is 2.37. The van der Waals surface area contributed by atoms with Gasteiger partial charge in [-0.15, -0.1) is 0 Å². The van der Waals surface area contributed by atoms with E-state index in [0.29, 0.717) is 5.69 Å². The lowest BCUT2D eigenvalue weighted by Gasteiger charge is -2.35. The third-order valence-corrected chi connectivity index (χ3v) is 5.89. The average Bonchev–Trinajstić information content (AvgIpc) is 3.13. The third-order valence-electron chi connectivity index (χ3n) is 5.89. The van der Waals surface area contributed by atoms with Crippen LogP contribution in [0.25, 0.3) is 0 Å². The van der Waals surface area contributed by atoms with Crippen LogP contribution >= 0.6 is 0 Å². The van der Waals surface area contributed by atoms with Gasteiger partial charge in [-0.05, 0) is 24.3 Å². The van der Waals surface area contributed by atoms with Crippen LogP contribution in [0.15, 0.2) is 48.5 Å². The maximum atomic E-state index is 12.8. The van der Waals surface area contributed by atoms with Gasteiger partial charge >= 0.3 is 18.0 Å². The Morgan fingerprint density at radius 1 is 0.889 bits per heavy atom. The zero-order chi connectivity index (χ0) is 25.8. The summed E-state index contributed by atoms with van der Waals surface area (Å²) in [6.45, 7) is 0.420. The second-order valence-electron chi connectivity index (χ2n) is 8.03. The minimum absolute atomic E-state index is 0.135. The summed E-state index contributed by atoms with van der Waals surface area (Å²) < 4.78 is 4.68. The number of hydrogen-bond acceptors (Lipinski definition) is 7. The van der Waals surface area contributed by atoms with Gasteiger partial charge in [0.05, 0.1) is 29.6 Å². The molecule has 36 heavy (non-hydrogen) atoms. The number of piperazine rings is 1. The largest absolute Gasteiger partial charge is 0.465 e. The van der Waals surface area contributed by atoms with Gasteiger partial charge in [0.2, 0.25) is 5.91 Å². The lowest BCUT2D eigenvalue weighted by atomic mass is 10.1. The van der Waals surface area contributed by atoms with E-state index in [0.717, 1.165) is 4.90 Å². The van der Waals surface area contributed by atoms with Gasteiger partial charge in [0, 0.05) is 26.2 Å². The standard InChI is InChI=1S/C24H23N5O7/c1-36-22(33)15-6-2-4-8-17(15)25-23(34)26-24(35)28-12-10-27(11-13-28)19(30)14-29-18-9-5-3-7-16(18)20(31)21(29)32/h2-9H,10-14H2,1H3,(H2,25,26,34,35). The Morgan fingerprint density at radius 2 is 1.53 bits per heavy atom. The fourth-order valence-electron chi connectivity index (χ4n) is 4.01. The van der Waals surface area contributed by atoms with Gasteiger partial charge in [-0.1, -0.05) is 24.3 Å². The number of imide groups is 1. The van der Waals surface area contributed by atoms with Crippen molar-refractivity contribution in [2.45, 2.75) is 0 Å². The summed E-state index contributed by atoms with van der Waals surface area (Å²) in [5, 5.41) is 4.65. The minimum atomic E-state index is -0.828. The van der Waals surface area contributed by atoms with Crippen molar-refractivity contribution >= 4 is 47.0 Å². The molecule has 2 heterocycles. The first-order chi connectivity index (χ1) is 17.3. The molecule has 1 saturated heterocycles. The minimum Gasteiger partial charge on any atom is -0.465 e. The highest BCUT2D eigenvalue weighted by molar-refractivity contribution is 6.52. The number of urea groups is 2. The molecule has 2 aliphatic rings. The number of carbonyl (C=O) groups excluding carboxylic acids is 6. The molecule has 4 rings (SSSR count). The summed E-state index contributed by atoms with van der Waals surface area (Å²) >= 11 is 0. The van der Waals surface area contributed by atoms with Crippen molar-refractivity contribution in [2.24, 2.45) is 0 Å². The molecule has 0 aromatic heterocycles. The number of methoxy groups -OCH3 is 1. The molecule has 0 spiro atoms. The first kappa shape index (κ1) is 24.4. The van der Waals surface area contributed by atoms with Crippen molar-refractivity contribution in [1.82, 2.24) is 15.1 Å². The van der Waals surface area contributed by atoms with Crippen molar-refractivity contribution in [3.63, 3.8) is 0 Å². The smallest absolute Gasteiger partial charge is 0.339 e. The molecule has 0 radical (unpaired) electrons. The Morgan fingerprint density at radius 3 is 2.25 bits per heavy atom. The fraction of sp³-hybridized carbons (Fsp3) is 0.250. The number of ketones is 1. The van der Waals surface area contributed by atoms with Crippen LogP contribution < -0.4 is 15.5 Å². The normalized spacial score (nSPS) is 14.9. The van der Waals surface area contributed by atoms with Crippen molar-refractivity contribution < 1.29 is 33.5 Å². The number of hydrogen-bond donors (Lipinski definition) is 2. The maximum Gasteiger partial charge on any atom is 0.339 e. The van der Waals surface area contributed by atoms with Gasteiger partial charge in [-0.3, -0.25) is 24.6 Å². The topological polar surface area (TPSA) is 145 Å². The van der Waals surface area contributed by atoms with Crippen LogP contribution in [0.3, 0.4) is 0 Å². The van der Waals surface area contributed by atoms with Gasteiger partial charge in [0.15, 0.2) is 0 Å². The Balaban J connectivity index is 1.29. The second kappa shape index (κ2) is 10.3. The van der Waals surface area contributed by atoms with Crippen molar-refractivity contribution in [3.05, 3.63) is 59.7 Å². The van der Waals surface area contributed by atoms with Crippen molar-refractivity contribution in [2.75, 3.05) is 50.1 Å². The highest BCUT2D eigenvalue weighted by atomic mass is 16.5. The molecule has 12 nitrogen and oxygen atoms in total. The number of benzene rings is 2. The van der Waals surface area contributed by atoms with E-state index in [-0.39, 0.29) is 55.4 Å². The van der Waals surface area contributed by atoms with E-state index in [4.69, 9.17) is 0 Å². The number of fused-ring (bicyclic) bond motifs is 1. The summed E-state index contributed by atoms with van der Waals surface area (Å²) in [4.78, 5) is 77.9. The molecule has 2 aromatic carbocycles. The number of carbonyl (C=O) groups is 6. The predicted octanol–water partition coefficient (Wildman–Crippen LogP) is 1.09. The molecule has 1 fully saturated rings. The SMILES string of the molecule is COC(=O)c1ccccc1NC(=O)NC(=O)N1CCN(C(=O)CN2C(=O)C(=O)c3ccccc32)CC1. The quantitative estimate of drug-likeness (QED) is 0.479. The number of para-hydroxylation sites is 2. The maximum absolute atomic E-state index is 12.8. The molecular weight excluding hydrogens is 470 g/mol. The number of ether oxygens (including phenoxy) is 1. The van der Waals surface area contributed by atoms with Gasteiger partial charge in [0.1, 0.15) is 6.54 Å². The molecule has 2 aliphatic heterocycles. The number of amides is 6. The van der Waals surface area contributed by atoms with Crippen LogP contribution in [0.2, 0.25) is 0 Å². The lowest BCUT2D eigenvalue weighted by Crippen LogP contribution is -2.55. The number of rotatable bonds is 4. The van der Waals surface area contributed by atoms with Crippen LogP contribution in [0.1, 0.15) is 20.7 Å². The molecule has 12 heteroatoms. The fourth-order valence-corrected chi connectivity index (χ4v) is 4.01. The monoisotopic (exact) mass is 493 g/mol. The Bertz CT molecular complexity index is 1250. The molecule has 0 saturated carbocycles. The molecule has 0 aliphatic carbocycles. The zero-order valence-corrected chi connectivity index (χ0v) is 19.4. The summed E-state index contributed by atoms with van der Waals surface area (Å²) in [5.41, 5.74) is 0.986. The van der Waals surface area contributed by atoms with Gasteiger partial charge in [0.25, 0.3) is 11.7 Å². The van der Waals surface area contributed by atoms with Gasteiger partial charge in [-0.2, -0.15) is 0 Å². The summed E-state index contributed by atoms with van der Waals surface area (Å²) in [5.74, 6) is -2.39. The predicted molar refractivity (Wildman–Crippen MR) is 127 cm³/mol. The Kier molecular flexibility index (Phi) is 6.95. The number of esters is 1.